The van der Waals surface area contributed by atoms with Crippen LogP contribution in [0.4, 0.5) is 0 Å². The Hall–Kier alpha value is -3.18. The average Bonchev–Trinajstić information content (AvgIpc) is 2.79. The van der Waals surface area contributed by atoms with E-state index in [0.717, 1.165) is 22.1 Å². The van der Waals surface area contributed by atoms with Crippen molar-refractivity contribution in [2.75, 3.05) is 0 Å². The van der Waals surface area contributed by atoms with Crippen LogP contribution in [0.15, 0.2) is 35.5 Å². The van der Waals surface area contributed by atoms with Crippen LogP contribution in [0.3, 0.4) is 0 Å². The summed E-state index contributed by atoms with van der Waals surface area (Å²) in [6.07, 6.45) is 8.14. The largest absolute Gasteiger partial charge is 0.612 e. The summed E-state index contributed by atoms with van der Waals surface area (Å²) in [4.78, 5) is 22.2. The molecule has 130 valence electrons. The first-order valence-electron chi connectivity index (χ1n) is 6.55. The maximum absolute atomic E-state index is 11.2. The number of hydrogen-bond acceptors (Lipinski definition) is 7. The number of rotatable bonds is 4. The molecule has 25 heavy (non-hydrogen) atoms. The maximum Gasteiger partial charge on any atom is 0.255 e. The van der Waals surface area contributed by atoms with Crippen LogP contribution in [-0.4, -0.2) is 32.1 Å². The molecule has 1 aliphatic carbocycles. The summed E-state index contributed by atoms with van der Waals surface area (Å²) >= 11 is 6.09. The predicted molar refractivity (Wildman–Crippen MR) is 95.7 cm³/mol. The Morgan fingerprint density at radius 3 is 2.24 bits per heavy atom. The van der Waals surface area contributed by atoms with E-state index in [1.807, 2.05) is 0 Å². The van der Waals surface area contributed by atoms with Gasteiger partial charge in [-0.1, -0.05) is 0 Å². The first-order chi connectivity index (χ1) is 11.7. The van der Waals surface area contributed by atoms with Gasteiger partial charge in [0.15, 0.2) is 3.95 Å². The number of amides is 2. The molecule has 0 fully saturated rings. The number of aromatic nitrogens is 1. The zero-order chi connectivity index (χ0) is 18.7. The van der Waals surface area contributed by atoms with Gasteiger partial charge in [-0.15, -0.1) is 11.3 Å². The van der Waals surface area contributed by atoms with Crippen LogP contribution in [0.1, 0.15) is 4.88 Å². The summed E-state index contributed by atoms with van der Waals surface area (Å²) in [7, 11) is 0. The number of hydrogen-bond donors (Lipinski definition) is 3. The van der Waals surface area contributed by atoms with E-state index in [1.54, 1.807) is 0 Å². The summed E-state index contributed by atoms with van der Waals surface area (Å²) in [5.74, 6) is -2.44. The number of thiazole rings is 1. The van der Waals surface area contributed by atoms with Crippen molar-refractivity contribution in [3.05, 3.63) is 54.7 Å². The second-order valence-corrected chi connectivity index (χ2v) is 6.37. The smallest absolute Gasteiger partial charge is 0.255 e. The molecule has 1 heterocycles. The van der Waals surface area contributed by atoms with Crippen molar-refractivity contribution in [3.8, 4) is 5.88 Å². The van der Waals surface area contributed by atoms with Crippen molar-refractivity contribution >= 4 is 53.4 Å². The third-order valence-electron chi connectivity index (χ3n) is 3.03. The van der Waals surface area contributed by atoms with Crippen molar-refractivity contribution in [1.82, 2.24) is 4.57 Å². The molecule has 1 aromatic heterocycles. The molecule has 0 radical (unpaired) electrons. The fourth-order valence-corrected chi connectivity index (χ4v) is 3.04. The quantitative estimate of drug-likeness (QED) is 0.175. The number of aromatic hydroxyl groups is 1. The Morgan fingerprint density at radius 2 is 1.76 bits per heavy atom. The first-order valence-corrected chi connectivity index (χ1v) is 7.78. The van der Waals surface area contributed by atoms with E-state index in [0.29, 0.717) is 10.5 Å². The van der Waals surface area contributed by atoms with Gasteiger partial charge in [0.05, 0.1) is 4.88 Å². The molecule has 5 N–H and O–H groups in total. The molecular weight excluding hydrogens is 368 g/mol. The van der Waals surface area contributed by atoms with Crippen molar-refractivity contribution in [1.29, 1.82) is 0 Å². The summed E-state index contributed by atoms with van der Waals surface area (Å²) in [5, 5.41) is 31.5. The minimum Gasteiger partial charge on any atom is -0.612 e. The minimum atomic E-state index is -1.05. The molecule has 0 saturated carbocycles. The van der Waals surface area contributed by atoms with Gasteiger partial charge < -0.3 is 27.0 Å². The molecule has 0 bridgehead atoms. The summed E-state index contributed by atoms with van der Waals surface area (Å²) in [5.41, 5.74) is 10.1. The summed E-state index contributed by atoms with van der Waals surface area (Å²) in [6.45, 7) is 0. The molecule has 1 aliphatic rings. The molecule has 0 aliphatic heterocycles. The van der Waals surface area contributed by atoms with Gasteiger partial charge >= 0.3 is 0 Å². The summed E-state index contributed by atoms with van der Waals surface area (Å²) in [6, 6.07) is 0. The van der Waals surface area contributed by atoms with Crippen LogP contribution < -0.4 is 11.5 Å². The Morgan fingerprint density at radius 1 is 1.20 bits per heavy atom. The van der Waals surface area contributed by atoms with Gasteiger partial charge in [0.25, 0.3) is 11.8 Å². The average molecular weight is 379 g/mol. The molecule has 0 spiro atoms. The lowest BCUT2D eigenvalue weighted by Gasteiger charge is -2.07. The lowest BCUT2D eigenvalue weighted by atomic mass is 10.1. The van der Waals surface area contributed by atoms with E-state index in [-0.39, 0.29) is 15.5 Å². The van der Waals surface area contributed by atoms with E-state index in [4.69, 9.17) is 23.7 Å². The van der Waals surface area contributed by atoms with Crippen molar-refractivity contribution < 1.29 is 19.6 Å². The van der Waals surface area contributed by atoms with Gasteiger partial charge in [0.2, 0.25) is 11.6 Å². The third-order valence-corrected chi connectivity index (χ3v) is 4.37. The SMILES string of the molecule is NC(=O)C(=Cn1c(O)c(C=C2C=CC(=[N+]([O-])[O-])C=C2)sc1=S)C(N)=O. The van der Waals surface area contributed by atoms with Crippen LogP contribution >= 0.6 is 23.6 Å². The molecule has 0 aromatic carbocycles. The van der Waals surface area contributed by atoms with Crippen LogP contribution in [0, 0.1) is 14.4 Å². The molecule has 11 heteroatoms. The topological polar surface area (TPSA) is 160 Å². The van der Waals surface area contributed by atoms with E-state index < -0.39 is 22.3 Å². The number of allylic oxidation sites excluding steroid dienone is 5. The van der Waals surface area contributed by atoms with E-state index >= 15 is 0 Å². The Labute approximate surface area is 150 Å². The van der Waals surface area contributed by atoms with Gasteiger partial charge in [-0.05, 0) is 36.0 Å². The van der Waals surface area contributed by atoms with E-state index in [2.05, 4.69) is 0 Å². The Kier molecular flexibility index (Phi) is 5.20. The zero-order valence-electron chi connectivity index (χ0n) is 12.4. The van der Waals surface area contributed by atoms with Crippen LogP contribution in [0.25, 0.3) is 12.3 Å². The van der Waals surface area contributed by atoms with Crippen molar-refractivity contribution in [2.24, 2.45) is 11.5 Å². The van der Waals surface area contributed by atoms with Gasteiger partial charge in [0.1, 0.15) is 5.57 Å². The highest BCUT2D eigenvalue weighted by Crippen LogP contribution is 2.30. The maximum atomic E-state index is 11.2. The fraction of sp³-hybridized carbons (Fsp3) is 0. The van der Waals surface area contributed by atoms with Crippen LogP contribution in [0.2, 0.25) is 0 Å². The lowest BCUT2D eigenvalue weighted by Crippen LogP contribution is -2.26. The summed E-state index contributed by atoms with van der Waals surface area (Å²) < 4.78 is 1.17. The van der Waals surface area contributed by atoms with E-state index in [1.165, 1.54) is 30.4 Å². The highest BCUT2D eigenvalue weighted by molar-refractivity contribution is 7.73. The molecule has 0 atom stereocenters. The zero-order valence-corrected chi connectivity index (χ0v) is 14.0. The molecule has 9 nitrogen and oxygen atoms in total. The lowest BCUT2D eigenvalue weighted by molar-refractivity contribution is -0.377. The molecular formula is C14H11N4O5S2-. The predicted octanol–water partition coefficient (Wildman–Crippen LogP) is 0.755. The number of carbonyl (C=O) groups is 2. The number of primary amides is 2. The molecule has 0 unspecified atom stereocenters. The first kappa shape index (κ1) is 18.2. The van der Waals surface area contributed by atoms with Gasteiger partial charge in [-0.2, -0.15) is 4.90 Å². The molecule has 2 amide bonds. The fourth-order valence-electron chi connectivity index (χ4n) is 1.82. The number of nitrogens with two attached hydrogens (primary N) is 2. The number of nitrogens with zero attached hydrogens (tertiary/aromatic N) is 2. The normalized spacial score (nSPS) is 12.8. The van der Waals surface area contributed by atoms with Crippen LogP contribution in [0.5, 0.6) is 5.88 Å². The number of carbonyl (C=O) groups excluding carboxylic acids is 2. The standard InChI is InChI=1S/C14H11N4O5S2/c15-11(19)9(12(16)20)6-17-13(21)10(25-14(17)24)5-7-1-3-8(4-2-7)18(22)23/h1-6H,(H5-,15,16,19,20,21,22,23)/q-1. The molecule has 2 rings (SSSR count). The molecule has 1 aromatic rings. The Bertz CT molecular complexity index is 924. The van der Waals surface area contributed by atoms with Gasteiger partial charge in [-0.25, -0.2) is 0 Å². The Balaban J connectivity index is 2.45. The third kappa shape index (κ3) is 4.02. The van der Waals surface area contributed by atoms with Crippen molar-refractivity contribution in [3.63, 3.8) is 0 Å². The second kappa shape index (κ2) is 7.15. The molecule has 0 saturated heterocycles. The highest BCUT2D eigenvalue weighted by atomic mass is 32.1. The highest BCUT2D eigenvalue weighted by Gasteiger charge is 2.16. The monoisotopic (exact) mass is 379 g/mol. The van der Waals surface area contributed by atoms with Gasteiger partial charge in [-0.3, -0.25) is 14.2 Å². The van der Waals surface area contributed by atoms with E-state index in [9.17, 15) is 25.1 Å². The van der Waals surface area contributed by atoms with Crippen LogP contribution in [-0.2, 0) is 9.59 Å². The van der Waals surface area contributed by atoms with Crippen molar-refractivity contribution in [2.45, 2.75) is 0 Å². The second-order valence-electron chi connectivity index (χ2n) is 4.69. The van der Waals surface area contributed by atoms with Gasteiger partial charge in [0, 0.05) is 18.4 Å². The minimum absolute atomic E-state index is 0.0675.